The molecule has 0 atom stereocenters. The quantitative estimate of drug-likeness (QED) is 0.894. The van der Waals surface area contributed by atoms with E-state index in [-0.39, 0.29) is 0 Å². The highest BCUT2D eigenvalue weighted by atomic mass is 15.2. The number of piperidine rings is 1. The summed E-state index contributed by atoms with van der Waals surface area (Å²) in [6.45, 7) is 5.82. The molecule has 1 saturated carbocycles. The Bertz CT molecular complexity index is 415. The van der Waals surface area contributed by atoms with Gasteiger partial charge in [-0.05, 0) is 56.1 Å². The van der Waals surface area contributed by atoms with E-state index in [9.17, 15) is 0 Å². The molecule has 0 amide bonds. The lowest BCUT2D eigenvalue weighted by Gasteiger charge is -2.28. The Morgan fingerprint density at radius 2 is 1.86 bits per heavy atom. The molecule has 0 radical (unpaired) electrons. The molecule has 0 spiro atoms. The van der Waals surface area contributed by atoms with Crippen LogP contribution in [0.3, 0.4) is 0 Å². The number of hydrogen-bond acceptors (Lipinski definition) is 3. The highest BCUT2D eigenvalue weighted by Crippen LogP contribution is 2.28. The first kappa shape index (κ1) is 14.7. The lowest BCUT2D eigenvalue weighted by atomic mass is 9.83. The molecule has 116 valence electrons. The number of rotatable bonds is 4. The Kier molecular flexibility index (Phi) is 5.00. The fourth-order valence-electron chi connectivity index (χ4n) is 3.60. The van der Waals surface area contributed by atoms with Crippen LogP contribution in [0, 0.1) is 11.8 Å². The molecule has 0 unspecified atom stereocenters. The molecule has 2 aliphatic rings. The van der Waals surface area contributed by atoms with Gasteiger partial charge in [0, 0.05) is 19.6 Å². The maximum atomic E-state index is 4.64. The van der Waals surface area contributed by atoms with Crippen molar-refractivity contribution >= 4 is 11.5 Å². The summed E-state index contributed by atoms with van der Waals surface area (Å²) in [5.41, 5.74) is 1.18. The van der Waals surface area contributed by atoms with Crippen LogP contribution < -0.4 is 10.2 Å². The van der Waals surface area contributed by atoms with E-state index < -0.39 is 0 Å². The third kappa shape index (κ3) is 4.12. The second kappa shape index (κ2) is 7.15. The van der Waals surface area contributed by atoms with Gasteiger partial charge in [0.25, 0.3) is 0 Å². The van der Waals surface area contributed by atoms with Crippen molar-refractivity contribution in [3.63, 3.8) is 0 Å². The molecular formula is C18H29N3. The van der Waals surface area contributed by atoms with Crippen LogP contribution in [0.15, 0.2) is 18.3 Å². The fraction of sp³-hybridized carbons (Fsp3) is 0.722. The fourth-order valence-corrected chi connectivity index (χ4v) is 3.60. The third-order valence-electron chi connectivity index (χ3n) is 5.16. The summed E-state index contributed by atoms with van der Waals surface area (Å²) in [6.07, 6.45) is 11.6. The van der Waals surface area contributed by atoms with Crippen LogP contribution in [0.1, 0.15) is 51.9 Å². The van der Waals surface area contributed by atoms with E-state index >= 15 is 0 Å². The lowest BCUT2D eigenvalue weighted by molar-refractivity contribution is 0.300. The van der Waals surface area contributed by atoms with E-state index in [0.717, 1.165) is 24.2 Å². The van der Waals surface area contributed by atoms with Crippen molar-refractivity contribution in [2.24, 2.45) is 11.8 Å². The molecule has 0 aromatic carbocycles. The van der Waals surface area contributed by atoms with E-state index in [0.29, 0.717) is 0 Å². The van der Waals surface area contributed by atoms with Gasteiger partial charge >= 0.3 is 0 Å². The molecule has 1 aromatic rings. The summed E-state index contributed by atoms with van der Waals surface area (Å²) in [4.78, 5) is 7.05. The molecule has 1 N–H and O–H groups in total. The molecule has 3 nitrogen and oxygen atoms in total. The Hall–Kier alpha value is -1.25. The van der Waals surface area contributed by atoms with Gasteiger partial charge in [-0.2, -0.15) is 0 Å². The minimum atomic E-state index is 0.850. The molecule has 1 aliphatic carbocycles. The average Bonchev–Trinajstić information content (AvgIpc) is 2.56. The van der Waals surface area contributed by atoms with Gasteiger partial charge in [0.1, 0.15) is 5.82 Å². The van der Waals surface area contributed by atoms with Crippen LogP contribution >= 0.6 is 0 Å². The molecule has 21 heavy (non-hydrogen) atoms. The largest absolute Gasteiger partial charge is 0.384 e. The molecular weight excluding hydrogens is 258 g/mol. The first-order valence-electron chi connectivity index (χ1n) is 8.76. The minimum Gasteiger partial charge on any atom is -0.384 e. The van der Waals surface area contributed by atoms with Crippen molar-refractivity contribution in [1.82, 2.24) is 4.98 Å². The predicted octanol–water partition coefficient (Wildman–Crippen LogP) is 4.31. The average molecular weight is 287 g/mol. The molecule has 2 fully saturated rings. The smallest absolute Gasteiger partial charge is 0.128 e. The van der Waals surface area contributed by atoms with Crippen molar-refractivity contribution < 1.29 is 0 Å². The van der Waals surface area contributed by atoms with Crippen LogP contribution in [-0.2, 0) is 0 Å². The number of pyridine rings is 1. The van der Waals surface area contributed by atoms with Crippen molar-refractivity contribution in [2.45, 2.75) is 51.9 Å². The molecule has 1 saturated heterocycles. The summed E-state index contributed by atoms with van der Waals surface area (Å²) in [5, 5.41) is 3.58. The number of aromatic nitrogens is 1. The first-order chi connectivity index (χ1) is 10.3. The summed E-state index contributed by atoms with van der Waals surface area (Å²) in [6, 6.07) is 4.37. The van der Waals surface area contributed by atoms with Crippen molar-refractivity contribution in [3.8, 4) is 0 Å². The van der Waals surface area contributed by atoms with Crippen LogP contribution in [0.5, 0.6) is 0 Å². The number of anilines is 2. The van der Waals surface area contributed by atoms with Crippen molar-refractivity contribution in [2.75, 3.05) is 29.9 Å². The highest BCUT2D eigenvalue weighted by molar-refractivity contribution is 5.48. The molecule has 1 aromatic heterocycles. The van der Waals surface area contributed by atoms with Gasteiger partial charge in [-0.25, -0.2) is 4.98 Å². The van der Waals surface area contributed by atoms with Crippen molar-refractivity contribution in [1.29, 1.82) is 0 Å². The SMILES string of the molecule is CC1CCC(CNc2ccc(N3CCCCC3)nc2)CC1. The summed E-state index contributed by atoms with van der Waals surface area (Å²) in [5.74, 6) is 2.93. The molecule has 3 rings (SSSR count). The van der Waals surface area contributed by atoms with Gasteiger partial charge in [-0.3, -0.25) is 0 Å². The maximum Gasteiger partial charge on any atom is 0.128 e. The molecule has 3 heteroatoms. The van der Waals surface area contributed by atoms with Gasteiger partial charge in [-0.15, -0.1) is 0 Å². The first-order valence-corrected chi connectivity index (χ1v) is 8.76. The van der Waals surface area contributed by atoms with E-state index in [1.54, 1.807) is 0 Å². The summed E-state index contributed by atoms with van der Waals surface area (Å²) in [7, 11) is 0. The van der Waals surface area contributed by atoms with Gasteiger partial charge in [0.05, 0.1) is 11.9 Å². The predicted molar refractivity (Wildman–Crippen MR) is 89.9 cm³/mol. The molecule has 0 bridgehead atoms. The van der Waals surface area contributed by atoms with Crippen LogP contribution in [0.25, 0.3) is 0 Å². The van der Waals surface area contributed by atoms with Crippen molar-refractivity contribution in [3.05, 3.63) is 18.3 Å². The molecule has 2 heterocycles. The second-order valence-electron chi connectivity index (χ2n) is 6.96. The zero-order valence-electron chi connectivity index (χ0n) is 13.4. The van der Waals surface area contributed by atoms with Crippen LogP contribution in [-0.4, -0.2) is 24.6 Å². The monoisotopic (exact) mass is 287 g/mol. The Morgan fingerprint density at radius 1 is 1.10 bits per heavy atom. The summed E-state index contributed by atoms with van der Waals surface area (Å²) >= 11 is 0. The summed E-state index contributed by atoms with van der Waals surface area (Å²) < 4.78 is 0. The van der Waals surface area contributed by atoms with E-state index in [1.807, 2.05) is 6.20 Å². The number of nitrogens with zero attached hydrogens (tertiary/aromatic N) is 2. The second-order valence-corrected chi connectivity index (χ2v) is 6.96. The standard InChI is InChI=1S/C18H29N3/c1-15-5-7-16(8-6-15)13-19-17-9-10-18(20-14-17)21-11-3-2-4-12-21/h9-10,14-16,19H,2-8,11-13H2,1H3. The van der Waals surface area contributed by atoms with E-state index in [1.165, 1.54) is 63.7 Å². The van der Waals surface area contributed by atoms with Gasteiger partial charge < -0.3 is 10.2 Å². The topological polar surface area (TPSA) is 28.2 Å². The van der Waals surface area contributed by atoms with E-state index in [4.69, 9.17) is 0 Å². The van der Waals surface area contributed by atoms with Crippen LogP contribution in [0.2, 0.25) is 0 Å². The number of nitrogens with one attached hydrogen (secondary N) is 1. The zero-order valence-corrected chi connectivity index (χ0v) is 13.4. The van der Waals surface area contributed by atoms with Gasteiger partial charge in [-0.1, -0.05) is 19.8 Å². The Labute approximate surface area is 129 Å². The van der Waals surface area contributed by atoms with E-state index in [2.05, 4.69) is 34.3 Å². The molecule has 1 aliphatic heterocycles. The van der Waals surface area contributed by atoms with Crippen LogP contribution in [0.4, 0.5) is 11.5 Å². The Morgan fingerprint density at radius 3 is 2.52 bits per heavy atom. The third-order valence-corrected chi connectivity index (χ3v) is 5.16. The van der Waals surface area contributed by atoms with Gasteiger partial charge in [0.15, 0.2) is 0 Å². The highest BCUT2D eigenvalue weighted by Gasteiger charge is 2.18. The maximum absolute atomic E-state index is 4.64. The lowest BCUT2D eigenvalue weighted by Crippen LogP contribution is -2.30. The number of hydrogen-bond donors (Lipinski definition) is 1. The zero-order chi connectivity index (χ0) is 14.5. The normalized spacial score (nSPS) is 26.6. The van der Waals surface area contributed by atoms with Gasteiger partial charge in [0.2, 0.25) is 0 Å². The minimum absolute atomic E-state index is 0.850. The Balaban J connectivity index is 1.48.